The lowest BCUT2D eigenvalue weighted by molar-refractivity contribution is 0.0743. The van der Waals surface area contributed by atoms with E-state index in [2.05, 4.69) is 10.5 Å². The van der Waals surface area contributed by atoms with E-state index in [1.165, 1.54) is 12.3 Å². The van der Waals surface area contributed by atoms with Crippen molar-refractivity contribution >= 4 is 5.91 Å². The Kier molecular flexibility index (Phi) is 4.35. The van der Waals surface area contributed by atoms with Crippen LogP contribution in [0.1, 0.15) is 24.3 Å². The summed E-state index contributed by atoms with van der Waals surface area (Å²) >= 11 is 0. The van der Waals surface area contributed by atoms with E-state index in [1.54, 1.807) is 12.1 Å². The average molecular weight is 264 g/mol. The molecule has 0 bridgehead atoms. The van der Waals surface area contributed by atoms with Gasteiger partial charge in [-0.2, -0.15) is 0 Å². The predicted molar refractivity (Wildman–Crippen MR) is 67.6 cm³/mol. The Bertz CT molecular complexity index is 516. The van der Waals surface area contributed by atoms with E-state index in [9.17, 15) is 4.79 Å². The smallest absolute Gasteiger partial charge is 0.273 e. The maximum Gasteiger partial charge on any atom is 0.273 e. The van der Waals surface area contributed by atoms with E-state index in [0.717, 1.165) is 0 Å². The number of hydrogen-bond acceptors (Lipinski definition) is 5. The molecule has 1 amide bonds. The van der Waals surface area contributed by atoms with Crippen molar-refractivity contribution in [3.05, 3.63) is 30.2 Å². The largest absolute Gasteiger partial charge is 0.461 e. The summed E-state index contributed by atoms with van der Waals surface area (Å²) in [5.74, 6) is 0.664. The molecule has 2 aromatic heterocycles. The summed E-state index contributed by atoms with van der Waals surface area (Å²) in [5, 5.41) is 6.39. The molecule has 19 heavy (non-hydrogen) atoms. The minimum Gasteiger partial charge on any atom is -0.461 e. The maximum atomic E-state index is 11.8. The molecule has 0 saturated heterocycles. The van der Waals surface area contributed by atoms with Gasteiger partial charge in [0.1, 0.15) is 0 Å². The first kappa shape index (κ1) is 13.4. The molecule has 0 aliphatic heterocycles. The molecule has 0 aliphatic carbocycles. The van der Waals surface area contributed by atoms with Gasteiger partial charge in [-0.25, -0.2) is 0 Å². The minimum absolute atomic E-state index is 0.148. The number of amides is 1. The number of furan rings is 1. The Morgan fingerprint density at radius 1 is 1.47 bits per heavy atom. The van der Waals surface area contributed by atoms with Crippen molar-refractivity contribution in [3.63, 3.8) is 0 Å². The second kappa shape index (κ2) is 6.19. The molecular weight excluding hydrogens is 248 g/mol. The van der Waals surface area contributed by atoms with Gasteiger partial charge in [-0.05, 0) is 26.0 Å². The summed E-state index contributed by atoms with van der Waals surface area (Å²) in [4.78, 5) is 11.8. The van der Waals surface area contributed by atoms with Gasteiger partial charge in [0.25, 0.3) is 5.91 Å². The number of nitrogens with one attached hydrogen (secondary N) is 1. The quantitative estimate of drug-likeness (QED) is 0.808. The first-order chi connectivity index (χ1) is 9.16. The van der Waals surface area contributed by atoms with Crippen molar-refractivity contribution in [3.8, 4) is 11.5 Å². The van der Waals surface area contributed by atoms with E-state index in [4.69, 9.17) is 13.7 Å². The zero-order valence-corrected chi connectivity index (χ0v) is 10.9. The van der Waals surface area contributed by atoms with Crippen LogP contribution in [0.4, 0.5) is 0 Å². The lowest BCUT2D eigenvalue weighted by Crippen LogP contribution is -2.28. The monoisotopic (exact) mass is 264 g/mol. The van der Waals surface area contributed by atoms with Crippen LogP contribution in [-0.4, -0.2) is 30.3 Å². The number of carbonyl (C=O) groups excluding carboxylic acids is 1. The molecule has 2 heterocycles. The van der Waals surface area contributed by atoms with Crippen molar-refractivity contribution in [2.24, 2.45) is 0 Å². The third-order valence-corrected chi connectivity index (χ3v) is 2.35. The van der Waals surface area contributed by atoms with Crippen LogP contribution >= 0.6 is 0 Å². The highest BCUT2D eigenvalue weighted by Crippen LogP contribution is 2.20. The van der Waals surface area contributed by atoms with Crippen LogP contribution in [0.3, 0.4) is 0 Å². The fourth-order valence-electron chi connectivity index (χ4n) is 1.47. The van der Waals surface area contributed by atoms with E-state index in [1.807, 2.05) is 13.8 Å². The summed E-state index contributed by atoms with van der Waals surface area (Å²) in [6.07, 6.45) is 1.68. The Morgan fingerprint density at radius 2 is 2.32 bits per heavy atom. The molecule has 0 atom stereocenters. The summed E-state index contributed by atoms with van der Waals surface area (Å²) in [6, 6.07) is 5.01. The van der Waals surface area contributed by atoms with Gasteiger partial charge >= 0.3 is 0 Å². The van der Waals surface area contributed by atoms with E-state index >= 15 is 0 Å². The summed E-state index contributed by atoms with van der Waals surface area (Å²) in [5.41, 5.74) is 0.218. The normalized spacial score (nSPS) is 10.9. The lowest BCUT2D eigenvalue weighted by atomic mass is 10.3. The summed E-state index contributed by atoms with van der Waals surface area (Å²) in [6.45, 7) is 4.77. The van der Waals surface area contributed by atoms with Gasteiger partial charge in [-0.1, -0.05) is 5.16 Å². The van der Waals surface area contributed by atoms with Gasteiger partial charge in [-0.3, -0.25) is 4.79 Å². The number of carbonyl (C=O) groups is 1. The highest BCUT2D eigenvalue weighted by atomic mass is 16.5. The molecule has 0 aliphatic rings. The van der Waals surface area contributed by atoms with Gasteiger partial charge in [-0.15, -0.1) is 0 Å². The molecule has 6 nitrogen and oxygen atoms in total. The minimum atomic E-state index is -0.297. The molecule has 0 spiro atoms. The zero-order chi connectivity index (χ0) is 13.7. The Balaban J connectivity index is 1.86. The van der Waals surface area contributed by atoms with Gasteiger partial charge < -0.3 is 19.0 Å². The Labute approximate surface area is 110 Å². The molecule has 0 fully saturated rings. The standard InChI is InChI=1S/C13H16N2O4/c1-9(2)17-7-5-14-13(16)10-8-12(19-15-10)11-4-3-6-18-11/h3-4,6,8-9H,5,7H2,1-2H3,(H,14,16). The first-order valence-corrected chi connectivity index (χ1v) is 6.07. The van der Waals surface area contributed by atoms with Crippen molar-refractivity contribution in [1.29, 1.82) is 0 Å². The van der Waals surface area contributed by atoms with E-state index in [-0.39, 0.29) is 17.7 Å². The van der Waals surface area contributed by atoms with Gasteiger partial charge in [0.2, 0.25) is 5.76 Å². The van der Waals surface area contributed by atoms with Crippen LogP contribution < -0.4 is 5.32 Å². The molecular formula is C13H16N2O4. The number of hydrogen-bond donors (Lipinski definition) is 1. The average Bonchev–Trinajstić information content (AvgIpc) is 3.03. The molecule has 0 aromatic carbocycles. The summed E-state index contributed by atoms with van der Waals surface area (Å²) in [7, 11) is 0. The number of ether oxygens (including phenoxy) is 1. The molecule has 1 N–H and O–H groups in total. The number of nitrogens with zero attached hydrogens (tertiary/aromatic N) is 1. The second-order valence-electron chi connectivity index (χ2n) is 4.23. The highest BCUT2D eigenvalue weighted by molar-refractivity contribution is 5.92. The van der Waals surface area contributed by atoms with E-state index < -0.39 is 0 Å². The molecule has 0 unspecified atom stereocenters. The fourth-order valence-corrected chi connectivity index (χ4v) is 1.47. The molecule has 2 aromatic rings. The van der Waals surface area contributed by atoms with Crippen LogP contribution in [-0.2, 0) is 4.74 Å². The van der Waals surface area contributed by atoms with Crippen LogP contribution in [0.5, 0.6) is 0 Å². The van der Waals surface area contributed by atoms with Gasteiger partial charge in [0.15, 0.2) is 11.5 Å². The summed E-state index contributed by atoms with van der Waals surface area (Å²) < 4.78 is 15.5. The van der Waals surface area contributed by atoms with E-state index in [0.29, 0.717) is 24.7 Å². The van der Waals surface area contributed by atoms with Crippen LogP contribution in [0, 0.1) is 0 Å². The number of aromatic nitrogens is 1. The van der Waals surface area contributed by atoms with Crippen LogP contribution in [0.2, 0.25) is 0 Å². The Morgan fingerprint density at radius 3 is 3.00 bits per heavy atom. The predicted octanol–water partition coefficient (Wildman–Crippen LogP) is 2.09. The van der Waals surface area contributed by atoms with Crippen molar-refractivity contribution in [2.75, 3.05) is 13.2 Å². The topological polar surface area (TPSA) is 77.5 Å². The molecule has 0 saturated carbocycles. The van der Waals surface area contributed by atoms with Crippen LogP contribution in [0.15, 0.2) is 33.4 Å². The van der Waals surface area contributed by atoms with Gasteiger partial charge in [0.05, 0.1) is 19.0 Å². The van der Waals surface area contributed by atoms with Crippen molar-refractivity contribution in [1.82, 2.24) is 10.5 Å². The first-order valence-electron chi connectivity index (χ1n) is 6.07. The van der Waals surface area contributed by atoms with Crippen molar-refractivity contribution in [2.45, 2.75) is 20.0 Å². The fraction of sp³-hybridized carbons (Fsp3) is 0.385. The molecule has 0 radical (unpaired) electrons. The van der Waals surface area contributed by atoms with Gasteiger partial charge in [0, 0.05) is 12.6 Å². The maximum absolute atomic E-state index is 11.8. The third-order valence-electron chi connectivity index (χ3n) is 2.35. The van der Waals surface area contributed by atoms with Crippen molar-refractivity contribution < 1.29 is 18.5 Å². The highest BCUT2D eigenvalue weighted by Gasteiger charge is 2.14. The zero-order valence-electron chi connectivity index (χ0n) is 10.9. The molecule has 102 valence electrons. The number of rotatable bonds is 6. The lowest BCUT2D eigenvalue weighted by Gasteiger charge is -2.07. The Hall–Kier alpha value is -2.08. The SMILES string of the molecule is CC(C)OCCNC(=O)c1cc(-c2ccco2)on1. The molecule has 6 heteroatoms. The second-order valence-corrected chi connectivity index (χ2v) is 4.23. The molecule has 2 rings (SSSR count). The third kappa shape index (κ3) is 3.69. The van der Waals surface area contributed by atoms with Crippen LogP contribution in [0.25, 0.3) is 11.5 Å².